The highest BCUT2D eigenvalue weighted by Crippen LogP contribution is 2.33. The average Bonchev–Trinajstić information content (AvgIpc) is 3.20. The number of hydrogen-bond acceptors (Lipinski definition) is 6. The second-order valence-corrected chi connectivity index (χ2v) is 7.89. The van der Waals surface area contributed by atoms with Gasteiger partial charge in [0.25, 0.3) is 5.91 Å². The first-order valence-corrected chi connectivity index (χ1v) is 10.1. The fourth-order valence-electron chi connectivity index (χ4n) is 3.43. The summed E-state index contributed by atoms with van der Waals surface area (Å²) < 4.78 is 17.3. The number of carbonyl (C=O) groups excluding carboxylic acids is 1. The molecule has 3 heterocycles. The van der Waals surface area contributed by atoms with E-state index in [-0.39, 0.29) is 11.9 Å². The van der Waals surface area contributed by atoms with Crippen LogP contribution in [0.1, 0.15) is 28.2 Å². The minimum absolute atomic E-state index is 0.239. The van der Waals surface area contributed by atoms with E-state index in [2.05, 4.69) is 5.32 Å². The zero-order valence-electron chi connectivity index (χ0n) is 15.6. The van der Waals surface area contributed by atoms with Crippen LogP contribution in [0.3, 0.4) is 0 Å². The highest BCUT2D eigenvalue weighted by Gasteiger charge is 2.19. The van der Waals surface area contributed by atoms with Gasteiger partial charge < -0.3 is 19.2 Å². The molecule has 1 atom stereocenters. The lowest BCUT2D eigenvalue weighted by molar-refractivity contribution is 0.0944. The Hall–Kier alpha value is -3.32. The van der Waals surface area contributed by atoms with Crippen molar-refractivity contribution in [3.8, 4) is 11.5 Å². The SMILES string of the molecule is CC(NC(=O)c1cc2c(=O)oc3ccccc3c2s1)c1ccc2c(c1)OCCO2. The van der Waals surface area contributed by atoms with E-state index < -0.39 is 5.63 Å². The standard InChI is InChI=1S/C22H17NO5S/c1-12(13-6-7-17-18(10-13)27-9-8-26-17)23-21(24)19-11-15-20(29-19)14-4-2-3-5-16(14)28-22(15)25/h2-7,10-12H,8-9H2,1H3,(H,23,24). The molecule has 4 aromatic rings. The minimum Gasteiger partial charge on any atom is -0.486 e. The van der Waals surface area contributed by atoms with E-state index in [4.69, 9.17) is 13.9 Å². The van der Waals surface area contributed by atoms with Gasteiger partial charge in [-0.15, -0.1) is 11.3 Å². The number of thiophene rings is 1. The van der Waals surface area contributed by atoms with Crippen LogP contribution in [0, 0.1) is 0 Å². The summed E-state index contributed by atoms with van der Waals surface area (Å²) >= 11 is 1.29. The number of carbonyl (C=O) groups is 1. The molecule has 2 aromatic carbocycles. The maximum Gasteiger partial charge on any atom is 0.345 e. The second-order valence-electron chi connectivity index (χ2n) is 6.84. The number of hydrogen-bond donors (Lipinski definition) is 1. The Morgan fingerprint density at radius 1 is 1.03 bits per heavy atom. The van der Waals surface area contributed by atoms with Crippen LogP contribution in [-0.4, -0.2) is 19.1 Å². The van der Waals surface area contributed by atoms with Crippen molar-refractivity contribution in [2.75, 3.05) is 13.2 Å². The molecule has 146 valence electrons. The van der Waals surface area contributed by atoms with Crippen molar-refractivity contribution in [2.45, 2.75) is 13.0 Å². The van der Waals surface area contributed by atoms with Crippen LogP contribution in [0.25, 0.3) is 21.1 Å². The lowest BCUT2D eigenvalue weighted by Gasteiger charge is -2.21. The van der Waals surface area contributed by atoms with Crippen LogP contribution in [-0.2, 0) is 0 Å². The van der Waals surface area contributed by atoms with Gasteiger partial charge in [0.05, 0.1) is 21.0 Å². The maximum absolute atomic E-state index is 12.8. The molecule has 0 fully saturated rings. The van der Waals surface area contributed by atoms with E-state index >= 15 is 0 Å². The number of amides is 1. The largest absolute Gasteiger partial charge is 0.486 e. The number of rotatable bonds is 3. The van der Waals surface area contributed by atoms with E-state index in [0.717, 1.165) is 15.6 Å². The summed E-state index contributed by atoms with van der Waals surface area (Å²) in [6.45, 7) is 2.95. The van der Waals surface area contributed by atoms with Crippen molar-refractivity contribution in [3.63, 3.8) is 0 Å². The van der Waals surface area contributed by atoms with Gasteiger partial charge >= 0.3 is 5.63 Å². The maximum atomic E-state index is 12.8. The fraction of sp³-hybridized carbons (Fsp3) is 0.182. The molecule has 1 amide bonds. The predicted octanol–water partition coefficient (Wildman–Crippen LogP) is 4.27. The highest BCUT2D eigenvalue weighted by atomic mass is 32.1. The Bertz CT molecular complexity index is 1310. The quantitative estimate of drug-likeness (QED) is 0.513. The first-order chi connectivity index (χ1) is 14.1. The summed E-state index contributed by atoms with van der Waals surface area (Å²) in [4.78, 5) is 25.6. The number of ether oxygens (including phenoxy) is 2. The molecule has 7 heteroatoms. The molecule has 6 nitrogen and oxygen atoms in total. The average molecular weight is 407 g/mol. The van der Waals surface area contributed by atoms with Gasteiger partial charge in [-0.1, -0.05) is 18.2 Å². The summed E-state index contributed by atoms with van der Waals surface area (Å²) in [5, 5.41) is 4.24. The molecular formula is C22H17NO5S. The van der Waals surface area contributed by atoms with Crippen molar-refractivity contribution >= 4 is 38.3 Å². The molecule has 0 saturated heterocycles. The van der Waals surface area contributed by atoms with E-state index in [0.29, 0.717) is 40.6 Å². The lowest BCUT2D eigenvalue weighted by Crippen LogP contribution is -2.26. The molecule has 1 aliphatic rings. The number of nitrogens with one attached hydrogen (secondary N) is 1. The topological polar surface area (TPSA) is 77.8 Å². The zero-order valence-corrected chi connectivity index (χ0v) is 16.4. The minimum atomic E-state index is -0.436. The van der Waals surface area contributed by atoms with Crippen LogP contribution in [0.15, 0.2) is 57.7 Å². The van der Waals surface area contributed by atoms with E-state index in [1.54, 1.807) is 12.1 Å². The van der Waals surface area contributed by atoms with Crippen molar-refractivity contribution in [3.05, 3.63) is 69.4 Å². The fourth-order valence-corrected chi connectivity index (χ4v) is 4.51. The monoisotopic (exact) mass is 407 g/mol. The van der Waals surface area contributed by atoms with Gasteiger partial charge in [-0.25, -0.2) is 4.79 Å². The van der Waals surface area contributed by atoms with E-state index in [1.165, 1.54) is 11.3 Å². The Morgan fingerprint density at radius 3 is 2.69 bits per heavy atom. The molecule has 1 N–H and O–H groups in total. The first-order valence-electron chi connectivity index (χ1n) is 9.26. The van der Waals surface area contributed by atoms with Gasteiger partial charge in [-0.3, -0.25) is 4.79 Å². The molecule has 5 rings (SSSR count). The first kappa shape index (κ1) is 17.8. The van der Waals surface area contributed by atoms with Crippen LogP contribution < -0.4 is 20.4 Å². The third-order valence-corrected chi connectivity index (χ3v) is 6.09. The third kappa shape index (κ3) is 3.13. The Morgan fingerprint density at radius 2 is 1.83 bits per heavy atom. The van der Waals surface area contributed by atoms with Gasteiger partial charge in [-0.2, -0.15) is 0 Å². The molecule has 0 spiro atoms. The molecule has 0 saturated carbocycles. The summed E-state index contributed by atoms with van der Waals surface area (Å²) in [6.07, 6.45) is 0. The second kappa shape index (κ2) is 6.93. The van der Waals surface area contributed by atoms with Gasteiger partial charge in [0.15, 0.2) is 11.5 Å². The van der Waals surface area contributed by atoms with Gasteiger partial charge in [0, 0.05) is 5.39 Å². The van der Waals surface area contributed by atoms with Crippen LogP contribution in [0.5, 0.6) is 11.5 Å². The molecule has 29 heavy (non-hydrogen) atoms. The van der Waals surface area contributed by atoms with Gasteiger partial charge in [0.2, 0.25) is 0 Å². The highest BCUT2D eigenvalue weighted by molar-refractivity contribution is 7.21. The zero-order chi connectivity index (χ0) is 20.0. The van der Waals surface area contributed by atoms with E-state index in [1.807, 2.05) is 43.3 Å². The van der Waals surface area contributed by atoms with Crippen molar-refractivity contribution in [1.82, 2.24) is 5.32 Å². The summed E-state index contributed by atoms with van der Waals surface area (Å²) in [7, 11) is 0. The normalized spacial score (nSPS) is 14.1. The molecule has 1 aliphatic heterocycles. The number of fused-ring (bicyclic) bond motifs is 4. The molecule has 0 radical (unpaired) electrons. The summed E-state index contributed by atoms with van der Waals surface area (Å²) in [5.74, 6) is 1.15. The van der Waals surface area contributed by atoms with Gasteiger partial charge in [-0.05, 0) is 42.8 Å². The van der Waals surface area contributed by atoms with Crippen LogP contribution in [0.2, 0.25) is 0 Å². The Balaban J connectivity index is 1.45. The van der Waals surface area contributed by atoms with Crippen molar-refractivity contribution < 1.29 is 18.7 Å². The molecule has 1 unspecified atom stereocenters. The molecule has 0 bridgehead atoms. The Kier molecular flexibility index (Phi) is 4.24. The number of para-hydroxylation sites is 1. The summed E-state index contributed by atoms with van der Waals surface area (Å²) in [6, 6.07) is 14.3. The molecule has 2 aromatic heterocycles. The predicted molar refractivity (Wildman–Crippen MR) is 111 cm³/mol. The van der Waals surface area contributed by atoms with E-state index in [9.17, 15) is 9.59 Å². The van der Waals surface area contributed by atoms with Crippen molar-refractivity contribution in [1.29, 1.82) is 0 Å². The summed E-state index contributed by atoms with van der Waals surface area (Å²) in [5.41, 5.74) is 0.992. The number of benzene rings is 2. The van der Waals surface area contributed by atoms with Crippen LogP contribution >= 0.6 is 11.3 Å². The van der Waals surface area contributed by atoms with Crippen LogP contribution in [0.4, 0.5) is 0 Å². The Labute approximate surface area is 169 Å². The van der Waals surface area contributed by atoms with Crippen molar-refractivity contribution in [2.24, 2.45) is 0 Å². The lowest BCUT2D eigenvalue weighted by atomic mass is 10.1. The molecule has 0 aliphatic carbocycles. The van der Waals surface area contributed by atoms with Gasteiger partial charge in [0.1, 0.15) is 18.8 Å². The third-order valence-electron chi connectivity index (χ3n) is 4.92. The molecular weight excluding hydrogens is 390 g/mol. The smallest absolute Gasteiger partial charge is 0.345 e.